The smallest absolute Gasteiger partial charge is 0.213 e. The molecule has 0 bridgehead atoms. The highest BCUT2D eigenvalue weighted by Crippen LogP contribution is 2.16. The van der Waals surface area contributed by atoms with Crippen molar-refractivity contribution >= 4 is 27.0 Å². The largest absolute Gasteiger partial charge is 0.380 e. The van der Waals surface area contributed by atoms with Crippen LogP contribution in [0.3, 0.4) is 0 Å². The lowest BCUT2D eigenvalue weighted by molar-refractivity contribution is 0.597. The van der Waals surface area contributed by atoms with E-state index >= 15 is 0 Å². The number of anilines is 1. The van der Waals surface area contributed by atoms with E-state index in [1.54, 1.807) is 23.5 Å². The number of benzene rings is 1. The first-order valence-corrected chi connectivity index (χ1v) is 8.26. The van der Waals surface area contributed by atoms with Crippen LogP contribution in [0.25, 0.3) is 0 Å². The maximum absolute atomic E-state index is 11.0. The second-order valence-corrected chi connectivity index (χ2v) is 6.77. The molecule has 0 radical (unpaired) electrons. The van der Waals surface area contributed by atoms with Crippen LogP contribution in [0, 0.1) is 6.92 Å². The van der Waals surface area contributed by atoms with Crippen LogP contribution >= 0.6 is 11.3 Å². The van der Waals surface area contributed by atoms with E-state index in [0.29, 0.717) is 12.1 Å². The van der Waals surface area contributed by atoms with Crippen LogP contribution in [0.2, 0.25) is 0 Å². The van der Waals surface area contributed by atoms with Gasteiger partial charge in [-0.2, -0.15) is 0 Å². The van der Waals surface area contributed by atoms with Gasteiger partial charge in [0.25, 0.3) is 0 Å². The molecule has 2 aromatic rings. The van der Waals surface area contributed by atoms with Crippen molar-refractivity contribution in [3.63, 3.8) is 0 Å². The summed E-state index contributed by atoms with van der Waals surface area (Å²) in [6.07, 6.45) is 0. The van der Waals surface area contributed by atoms with E-state index in [1.807, 2.05) is 24.6 Å². The first kappa shape index (κ1) is 14.0. The van der Waals surface area contributed by atoms with Crippen LogP contribution in [0.5, 0.6) is 0 Å². The fourth-order valence-electron chi connectivity index (χ4n) is 1.63. The zero-order valence-electron chi connectivity index (χ0n) is 10.5. The van der Waals surface area contributed by atoms with Gasteiger partial charge in [0, 0.05) is 10.6 Å². The lowest BCUT2D eigenvalue weighted by Gasteiger charge is -2.06. The van der Waals surface area contributed by atoms with Gasteiger partial charge in [-0.3, -0.25) is 0 Å². The van der Waals surface area contributed by atoms with Gasteiger partial charge in [-0.1, -0.05) is 12.1 Å². The third-order valence-corrected chi connectivity index (χ3v) is 4.29. The van der Waals surface area contributed by atoms with Gasteiger partial charge in [0.1, 0.15) is 0 Å². The molecule has 0 saturated heterocycles. The lowest BCUT2D eigenvalue weighted by atomic mass is 10.2. The average Bonchev–Trinajstić information content (AvgIpc) is 2.72. The van der Waals surface area contributed by atoms with Crippen LogP contribution in [-0.4, -0.2) is 13.4 Å². The predicted octanol–water partition coefficient (Wildman–Crippen LogP) is 1.85. The highest BCUT2D eigenvalue weighted by atomic mass is 32.2. The summed E-state index contributed by atoms with van der Waals surface area (Å²) < 4.78 is 21.9. The topological polar surface area (TPSA) is 85.1 Å². The number of nitrogens with zero attached hydrogens (tertiary/aromatic N) is 1. The minimum atomic E-state index is -3.47. The molecule has 0 fully saturated rings. The quantitative estimate of drug-likeness (QED) is 0.882. The number of hydrogen-bond acceptors (Lipinski definition) is 5. The number of nitrogens with one attached hydrogen (secondary N) is 1. The van der Waals surface area contributed by atoms with Gasteiger partial charge in [0.15, 0.2) is 0 Å². The normalized spacial score (nSPS) is 11.5. The molecule has 1 heterocycles. The maximum Gasteiger partial charge on any atom is 0.213 e. The molecule has 5 nitrogen and oxygen atoms in total. The molecule has 0 spiro atoms. The summed E-state index contributed by atoms with van der Waals surface area (Å²) in [6.45, 7) is 2.69. The Bertz CT molecular complexity index is 648. The summed E-state index contributed by atoms with van der Waals surface area (Å²) in [5.41, 5.74) is 4.47. The minimum absolute atomic E-state index is 0.138. The molecule has 0 aliphatic heterocycles. The van der Waals surface area contributed by atoms with Crippen LogP contribution in [0.15, 0.2) is 29.8 Å². The minimum Gasteiger partial charge on any atom is -0.380 e. The van der Waals surface area contributed by atoms with E-state index in [9.17, 15) is 8.42 Å². The van der Waals surface area contributed by atoms with Crippen LogP contribution in [-0.2, 0) is 22.3 Å². The van der Waals surface area contributed by atoms with Crippen molar-refractivity contribution in [2.24, 2.45) is 5.14 Å². The molecule has 19 heavy (non-hydrogen) atoms. The van der Waals surface area contributed by atoms with Gasteiger partial charge >= 0.3 is 0 Å². The van der Waals surface area contributed by atoms with Crippen molar-refractivity contribution in [3.05, 3.63) is 45.9 Å². The van der Waals surface area contributed by atoms with E-state index in [4.69, 9.17) is 5.14 Å². The lowest BCUT2D eigenvalue weighted by Crippen LogP contribution is -2.14. The van der Waals surface area contributed by atoms with Crippen molar-refractivity contribution in [2.45, 2.75) is 19.2 Å². The number of sulfonamides is 1. The second-order valence-electron chi connectivity index (χ2n) is 4.22. The number of hydrogen-bond donors (Lipinski definition) is 2. The van der Waals surface area contributed by atoms with Crippen molar-refractivity contribution in [1.82, 2.24) is 4.98 Å². The summed E-state index contributed by atoms with van der Waals surface area (Å²) in [7, 11) is -3.47. The Balaban J connectivity index is 1.97. The van der Waals surface area contributed by atoms with Gasteiger partial charge < -0.3 is 5.32 Å². The summed E-state index contributed by atoms with van der Waals surface area (Å²) in [5, 5.41) is 8.26. The Hall–Kier alpha value is -1.44. The molecule has 102 valence electrons. The molecule has 1 aromatic heterocycles. The molecular formula is C12H15N3O2S2. The van der Waals surface area contributed by atoms with Gasteiger partial charge in [0.05, 0.1) is 23.5 Å². The van der Waals surface area contributed by atoms with Gasteiger partial charge in [0.2, 0.25) is 10.0 Å². The summed E-state index contributed by atoms with van der Waals surface area (Å²) in [4.78, 5) is 5.37. The van der Waals surface area contributed by atoms with E-state index < -0.39 is 10.0 Å². The first-order chi connectivity index (χ1) is 8.94. The van der Waals surface area contributed by atoms with Crippen LogP contribution in [0.1, 0.15) is 16.1 Å². The molecular weight excluding hydrogens is 282 g/mol. The summed E-state index contributed by atoms with van der Waals surface area (Å²) in [6, 6.07) is 7.20. The SMILES string of the molecule is Cc1ncsc1CNc1ccc(CS(N)(=O)=O)cc1. The molecule has 0 saturated carbocycles. The molecule has 0 amide bonds. The third kappa shape index (κ3) is 4.30. The maximum atomic E-state index is 11.0. The molecule has 7 heteroatoms. The first-order valence-electron chi connectivity index (χ1n) is 5.66. The molecule has 0 atom stereocenters. The summed E-state index contributed by atoms with van der Waals surface area (Å²) in [5.74, 6) is -0.138. The van der Waals surface area contributed by atoms with Gasteiger partial charge in [-0.15, -0.1) is 11.3 Å². The average molecular weight is 297 g/mol. The predicted molar refractivity (Wildman–Crippen MR) is 77.4 cm³/mol. The fraction of sp³-hybridized carbons (Fsp3) is 0.250. The Morgan fingerprint density at radius 2 is 2.00 bits per heavy atom. The van der Waals surface area contributed by atoms with E-state index in [-0.39, 0.29) is 5.75 Å². The van der Waals surface area contributed by atoms with Crippen molar-refractivity contribution in [3.8, 4) is 0 Å². The number of primary sulfonamides is 1. The van der Waals surface area contributed by atoms with E-state index in [2.05, 4.69) is 10.3 Å². The van der Waals surface area contributed by atoms with E-state index in [1.165, 1.54) is 4.88 Å². The van der Waals surface area contributed by atoms with Gasteiger partial charge in [-0.25, -0.2) is 18.5 Å². The summed E-state index contributed by atoms with van der Waals surface area (Å²) >= 11 is 1.61. The monoisotopic (exact) mass is 297 g/mol. The van der Waals surface area contributed by atoms with E-state index in [0.717, 1.165) is 11.4 Å². The highest BCUT2D eigenvalue weighted by molar-refractivity contribution is 7.88. The van der Waals surface area contributed by atoms with Gasteiger partial charge in [-0.05, 0) is 24.6 Å². The molecule has 0 aliphatic carbocycles. The Morgan fingerprint density at radius 1 is 1.32 bits per heavy atom. The number of nitrogens with two attached hydrogens (primary N) is 1. The van der Waals surface area contributed by atoms with Crippen molar-refractivity contribution in [2.75, 3.05) is 5.32 Å². The van der Waals surface area contributed by atoms with Crippen LogP contribution in [0.4, 0.5) is 5.69 Å². The molecule has 2 rings (SSSR count). The molecule has 3 N–H and O–H groups in total. The number of thiazole rings is 1. The second kappa shape index (κ2) is 5.68. The standard InChI is InChI=1S/C12H15N3O2S2/c1-9-12(18-8-15-9)6-14-11-4-2-10(3-5-11)7-19(13,16)17/h2-5,8,14H,6-7H2,1H3,(H2,13,16,17). The Labute approximate surface area is 116 Å². The zero-order valence-corrected chi connectivity index (χ0v) is 12.1. The van der Waals surface area contributed by atoms with Crippen LogP contribution < -0.4 is 10.5 Å². The molecule has 1 aromatic carbocycles. The van der Waals surface area contributed by atoms with Crippen molar-refractivity contribution < 1.29 is 8.42 Å². The molecule has 0 aliphatic rings. The number of rotatable bonds is 5. The Kier molecular flexibility index (Phi) is 4.18. The highest BCUT2D eigenvalue weighted by Gasteiger charge is 2.05. The van der Waals surface area contributed by atoms with Crippen molar-refractivity contribution in [1.29, 1.82) is 0 Å². The zero-order chi connectivity index (χ0) is 13.9. The molecule has 0 unspecified atom stereocenters. The number of aromatic nitrogens is 1. The fourth-order valence-corrected chi connectivity index (χ4v) is 3.00. The third-order valence-electron chi connectivity index (χ3n) is 2.62. The Morgan fingerprint density at radius 3 is 2.53 bits per heavy atom. The number of aryl methyl sites for hydroxylation is 1.